The van der Waals surface area contributed by atoms with Crippen LogP contribution in [-0.2, 0) is 24.2 Å². The minimum absolute atomic E-state index is 0.00638. The van der Waals surface area contributed by atoms with Gasteiger partial charge in [-0.25, -0.2) is 8.42 Å². The van der Waals surface area contributed by atoms with Crippen molar-refractivity contribution >= 4 is 21.7 Å². The van der Waals surface area contributed by atoms with Gasteiger partial charge in [0, 0.05) is 40.3 Å². The predicted octanol–water partition coefficient (Wildman–Crippen LogP) is -1.58. The van der Waals surface area contributed by atoms with Crippen LogP contribution in [-0.4, -0.2) is 106 Å². The van der Waals surface area contributed by atoms with E-state index in [1.54, 1.807) is 19.0 Å². The first kappa shape index (κ1) is 18.2. The Morgan fingerprint density at radius 3 is 2.43 bits per heavy atom. The summed E-state index contributed by atoms with van der Waals surface area (Å²) in [6.45, 7) is 1.46. The van der Waals surface area contributed by atoms with Crippen molar-refractivity contribution in [2.45, 2.75) is 18.5 Å². The fourth-order valence-corrected chi connectivity index (χ4v) is 5.19. The van der Waals surface area contributed by atoms with Gasteiger partial charge in [0.05, 0.1) is 37.1 Å². The highest BCUT2D eigenvalue weighted by Gasteiger charge is 2.48. The predicted molar refractivity (Wildman–Crippen MR) is 84.7 cm³/mol. The first-order chi connectivity index (χ1) is 10.7. The molecule has 2 saturated heterocycles. The van der Waals surface area contributed by atoms with Crippen molar-refractivity contribution in [2.75, 3.05) is 59.0 Å². The van der Waals surface area contributed by atoms with Crippen LogP contribution in [0.25, 0.3) is 0 Å². The minimum atomic E-state index is -3.20. The fourth-order valence-electron chi connectivity index (χ4n) is 3.18. The molecule has 0 aromatic carbocycles. The largest absolute Gasteiger partial charge is 0.384 e. The Morgan fingerprint density at radius 1 is 1.17 bits per heavy atom. The lowest BCUT2D eigenvalue weighted by Gasteiger charge is -2.43. The molecule has 2 fully saturated rings. The molecule has 0 N–H and O–H groups in total. The number of hydrogen-bond donors (Lipinski definition) is 0. The lowest BCUT2D eigenvalue weighted by molar-refractivity contribution is -0.139. The van der Waals surface area contributed by atoms with Crippen LogP contribution in [0.15, 0.2) is 0 Å². The van der Waals surface area contributed by atoms with Gasteiger partial charge in [0.25, 0.3) is 0 Å². The number of likely N-dealkylation sites (N-methyl/N-ethyl adjacent to an activating group) is 1. The summed E-state index contributed by atoms with van der Waals surface area (Å²) in [6, 6.07) is -0.669. The maximum Gasteiger partial charge on any atom is 0.236 e. The van der Waals surface area contributed by atoms with Gasteiger partial charge in [-0.05, 0) is 0 Å². The second-order valence-electron chi connectivity index (χ2n) is 6.30. The summed E-state index contributed by atoms with van der Waals surface area (Å²) in [6.07, 6.45) is 0.246. The summed E-state index contributed by atoms with van der Waals surface area (Å²) in [5.74, 6) is -0.167. The molecule has 0 aromatic rings. The van der Waals surface area contributed by atoms with Crippen LogP contribution in [0.1, 0.15) is 6.42 Å². The van der Waals surface area contributed by atoms with Crippen LogP contribution in [0.4, 0.5) is 0 Å². The highest BCUT2D eigenvalue weighted by Crippen LogP contribution is 2.27. The number of piperazine rings is 1. The van der Waals surface area contributed by atoms with E-state index in [0.717, 1.165) is 0 Å². The molecule has 0 aromatic heterocycles. The molecule has 2 aliphatic heterocycles. The highest BCUT2D eigenvalue weighted by molar-refractivity contribution is 7.91. The molecule has 0 bridgehead atoms. The van der Waals surface area contributed by atoms with E-state index in [9.17, 15) is 18.0 Å². The maximum absolute atomic E-state index is 12.3. The quantitative estimate of drug-likeness (QED) is 0.597. The van der Waals surface area contributed by atoms with Crippen LogP contribution < -0.4 is 0 Å². The van der Waals surface area contributed by atoms with E-state index in [4.69, 9.17) is 4.74 Å². The lowest BCUT2D eigenvalue weighted by atomic mass is 10.0. The number of carbonyl (C=O) groups is 2. The summed E-state index contributed by atoms with van der Waals surface area (Å²) in [4.78, 5) is 29.3. The number of methoxy groups -OCH3 is 1. The topological polar surface area (TPSA) is 87.2 Å². The summed E-state index contributed by atoms with van der Waals surface area (Å²) < 4.78 is 29.0. The molecule has 0 radical (unpaired) electrons. The number of hydrogen-bond acceptors (Lipinski definition) is 6. The molecule has 2 rings (SSSR count). The van der Waals surface area contributed by atoms with Crippen molar-refractivity contribution < 1.29 is 22.7 Å². The van der Waals surface area contributed by atoms with Gasteiger partial charge < -0.3 is 14.5 Å². The molecule has 9 heteroatoms. The molecular formula is C14H25N3O5S. The number of nitrogens with zero attached hydrogens (tertiary/aromatic N) is 3. The summed E-state index contributed by atoms with van der Waals surface area (Å²) in [7, 11) is 1.68. The summed E-state index contributed by atoms with van der Waals surface area (Å²) in [5.41, 5.74) is 0. The number of fused-ring (bicyclic) bond motifs is 1. The van der Waals surface area contributed by atoms with Crippen molar-refractivity contribution in [3.05, 3.63) is 0 Å². The number of carbonyl (C=O) groups excluding carboxylic acids is 2. The molecular weight excluding hydrogens is 322 g/mol. The Balaban J connectivity index is 2.13. The lowest BCUT2D eigenvalue weighted by Crippen LogP contribution is -2.61. The molecule has 2 atom stereocenters. The van der Waals surface area contributed by atoms with Gasteiger partial charge in [0.2, 0.25) is 11.8 Å². The van der Waals surface area contributed by atoms with E-state index in [-0.39, 0.29) is 48.4 Å². The van der Waals surface area contributed by atoms with Gasteiger partial charge in [-0.15, -0.1) is 0 Å². The number of amides is 2. The van der Waals surface area contributed by atoms with E-state index in [0.29, 0.717) is 19.7 Å². The third-order valence-electron chi connectivity index (χ3n) is 4.47. The van der Waals surface area contributed by atoms with Crippen LogP contribution in [0.2, 0.25) is 0 Å². The molecule has 8 nitrogen and oxygen atoms in total. The van der Waals surface area contributed by atoms with E-state index in [1.807, 2.05) is 4.90 Å². The zero-order valence-electron chi connectivity index (χ0n) is 13.9. The summed E-state index contributed by atoms with van der Waals surface area (Å²) in [5, 5.41) is 0. The highest BCUT2D eigenvalue weighted by atomic mass is 32.2. The van der Waals surface area contributed by atoms with E-state index in [2.05, 4.69) is 0 Å². The van der Waals surface area contributed by atoms with Crippen LogP contribution in [0.5, 0.6) is 0 Å². The standard InChI is InChI=1S/C14H25N3O5S/c1-15(2)14(19)8-16-5-6-17(13(18)4-7-22-3)12-10-23(20,21)9-11(12)16/h11-12H,4-10H2,1-3H3/t11-,12+/m1/s1. The Morgan fingerprint density at radius 2 is 1.83 bits per heavy atom. The number of rotatable bonds is 5. The number of sulfone groups is 1. The second kappa shape index (κ2) is 7.14. The molecule has 2 aliphatic rings. The normalized spacial score (nSPS) is 26.8. The van der Waals surface area contributed by atoms with Gasteiger partial charge in [0.1, 0.15) is 0 Å². The maximum atomic E-state index is 12.3. The van der Waals surface area contributed by atoms with Crippen LogP contribution in [0, 0.1) is 0 Å². The van der Waals surface area contributed by atoms with Gasteiger partial charge in [0.15, 0.2) is 9.84 Å². The van der Waals surface area contributed by atoms with Crippen molar-refractivity contribution in [1.29, 1.82) is 0 Å². The summed E-state index contributed by atoms with van der Waals surface area (Å²) >= 11 is 0. The SMILES string of the molecule is COCCC(=O)N1CCN(CC(=O)N(C)C)[C@@H]2CS(=O)(=O)C[C@@H]21. The van der Waals surface area contributed by atoms with Crippen molar-refractivity contribution in [3.8, 4) is 0 Å². The average molecular weight is 347 g/mol. The fraction of sp³-hybridized carbons (Fsp3) is 0.857. The molecule has 0 unspecified atom stereocenters. The molecule has 2 amide bonds. The first-order valence-electron chi connectivity index (χ1n) is 7.68. The molecule has 2 heterocycles. The Hall–Kier alpha value is -1.19. The number of ether oxygens (including phenoxy) is 1. The molecule has 0 spiro atoms. The van der Waals surface area contributed by atoms with Gasteiger partial charge in [-0.3, -0.25) is 14.5 Å². The molecule has 132 valence electrons. The minimum Gasteiger partial charge on any atom is -0.384 e. The van der Waals surface area contributed by atoms with E-state index < -0.39 is 9.84 Å². The third-order valence-corrected chi connectivity index (χ3v) is 6.17. The Kier molecular flexibility index (Phi) is 5.64. The molecule has 0 aliphatic carbocycles. The van der Waals surface area contributed by atoms with E-state index >= 15 is 0 Å². The van der Waals surface area contributed by atoms with Gasteiger partial charge >= 0.3 is 0 Å². The van der Waals surface area contributed by atoms with E-state index in [1.165, 1.54) is 12.0 Å². The van der Waals surface area contributed by atoms with Crippen molar-refractivity contribution in [2.24, 2.45) is 0 Å². The van der Waals surface area contributed by atoms with Crippen molar-refractivity contribution in [3.63, 3.8) is 0 Å². The Bertz CT molecular complexity index is 563. The van der Waals surface area contributed by atoms with Crippen LogP contribution in [0.3, 0.4) is 0 Å². The Labute approximate surface area is 137 Å². The smallest absolute Gasteiger partial charge is 0.236 e. The zero-order chi connectivity index (χ0) is 17.2. The first-order valence-corrected chi connectivity index (χ1v) is 9.50. The third kappa shape index (κ3) is 4.21. The molecule has 23 heavy (non-hydrogen) atoms. The monoisotopic (exact) mass is 347 g/mol. The zero-order valence-corrected chi connectivity index (χ0v) is 14.7. The van der Waals surface area contributed by atoms with Crippen molar-refractivity contribution in [1.82, 2.24) is 14.7 Å². The second-order valence-corrected chi connectivity index (χ2v) is 8.45. The van der Waals surface area contributed by atoms with Gasteiger partial charge in [-0.1, -0.05) is 0 Å². The van der Waals surface area contributed by atoms with Gasteiger partial charge in [-0.2, -0.15) is 0 Å². The average Bonchev–Trinajstić information content (AvgIpc) is 2.80. The van der Waals surface area contributed by atoms with Crippen LogP contribution >= 0.6 is 0 Å². The molecule has 0 saturated carbocycles.